The molecule has 8 heteroatoms. The van der Waals surface area contributed by atoms with Crippen LogP contribution in [-0.4, -0.2) is 43.2 Å². The SMILES string of the molecule is CCCN(Cc1ccccc1)C(=O)C1CCN(S(=O)(=O)c2ccc(F)c(Cl)c2)CC1. The highest BCUT2D eigenvalue weighted by molar-refractivity contribution is 7.89. The van der Waals surface area contributed by atoms with Crippen molar-refractivity contribution < 1.29 is 17.6 Å². The molecule has 1 aliphatic heterocycles. The van der Waals surface area contributed by atoms with Crippen molar-refractivity contribution in [2.75, 3.05) is 19.6 Å². The lowest BCUT2D eigenvalue weighted by molar-refractivity contribution is -0.137. The van der Waals surface area contributed by atoms with E-state index in [4.69, 9.17) is 11.6 Å². The van der Waals surface area contributed by atoms with Crippen LogP contribution in [0.25, 0.3) is 0 Å². The Morgan fingerprint density at radius 1 is 1.17 bits per heavy atom. The van der Waals surface area contributed by atoms with Crippen molar-refractivity contribution in [1.82, 2.24) is 9.21 Å². The van der Waals surface area contributed by atoms with E-state index in [9.17, 15) is 17.6 Å². The molecule has 1 aliphatic rings. The van der Waals surface area contributed by atoms with E-state index >= 15 is 0 Å². The summed E-state index contributed by atoms with van der Waals surface area (Å²) in [5.41, 5.74) is 1.08. The lowest BCUT2D eigenvalue weighted by Gasteiger charge is -2.33. The molecule has 0 bridgehead atoms. The molecule has 5 nitrogen and oxygen atoms in total. The predicted molar refractivity (Wildman–Crippen MR) is 115 cm³/mol. The topological polar surface area (TPSA) is 57.7 Å². The molecule has 0 N–H and O–H groups in total. The van der Waals surface area contributed by atoms with Crippen LogP contribution in [0.2, 0.25) is 5.02 Å². The maximum absolute atomic E-state index is 13.4. The summed E-state index contributed by atoms with van der Waals surface area (Å²) in [6, 6.07) is 13.3. The molecular weight excluding hydrogens is 427 g/mol. The van der Waals surface area contributed by atoms with Gasteiger partial charge in [-0.1, -0.05) is 48.9 Å². The summed E-state index contributed by atoms with van der Waals surface area (Å²) in [5.74, 6) is -0.791. The molecule has 1 fully saturated rings. The number of sulfonamides is 1. The van der Waals surface area contributed by atoms with E-state index in [1.165, 1.54) is 10.4 Å². The third kappa shape index (κ3) is 5.20. The Morgan fingerprint density at radius 3 is 2.43 bits per heavy atom. The average molecular weight is 453 g/mol. The molecule has 0 spiro atoms. The first-order valence-corrected chi connectivity index (χ1v) is 11.9. The number of hydrogen-bond acceptors (Lipinski definition) is 3. The van der Waals surface area contributed by atoms with Gasteiger partial charge in [0.15, 0.2) is 0 Å². The van der Waals surface area contributed by atoms with E-state index in [1.54, 1.807) is 0 Å². The van der Waals surface area contributed by atoms with Gasteiger partial charge in [0.2, 0.25) is 15.9 Å². The Bertz CT molecular complexity index is 977. The zero-order chi connectivity index (χ0) is 21.7. The second kappa shape index (κ2) is 9.90. The molecule has 0 radical (unpaired) electrons. The first kappa shape index (κ1) is 22.7. The maximum atomic E-state index is 13.4. The number of carbonyl (C=O) groups is 1. The van der Waals surface area contributed by atoms with Crippen molar-refractivity contribution in [2.24, 2.45) is 5.92 Å². The molecule has 2 aromatic rings. The molecule has 0 saturated carbocycles. The van der Waals surface area contributed by atoms with Gasteiger partial charge in [0, 0.05) is 32.1 Å². The molecule has 0 aromatic heterocycles. The number of hydrogen-bond donors (Lipinski definition) is 0. The fourth-order valence-corrected chi connectivity index (χ4v) is 5.47. The van der Waals surface area contributed by atoms with Crippen LogP contribution in [0.3, 0.4) is 0 Å². The van der Waals surface area contributed by atoms with Crippen LogP contribution in [-0.2, 0) is 21.4 Å². The van der Waals surface area contributed by atoms with E-state index < -0.39 is 15.8 Å². The summed E-state index contributed by atoms with van der Waals surface area (Å²) in [5, 5.41) is -0.225. The number of nitrogens with zero attached hydrogens (tertiary/aromatic N) is 2. The summed E-state index contributed by atoms with van der Waals surface area (Å²) < 4.78 is 40.4. The molecule has 30 heavy (non-hydrogen) atoms. The molecule has 3 rings (SSSR count). The van der Waals surface area contributed by atoms with Gasteiger partial charge in [-0.2, -0.15) is 4.31 Å². The standard InChI is InChI=1S/C22H26ClFN2O3S/c1-2-12-25(16-17-6-4-3-5-7-17)22(27)18-10-13-26(14-11-18)30(28,29)19-8-9-21(24)20(23)15-19/h3-9,15,18H,2,10-14,16H2,1H3. The molecule has 0 aliphatic carbocycles. The maximum Gasteiger partial charge on any atom is 0.243 e. The number of benzene rings is 2. The molecule has 0 unspecified atom stereocenters. The van der Waals surface area contributed by atoms with E-state index in [0.717, 1.165) is 24.1 Å². The van der Waals surface area contributed by atoms with Crippen LogP contribution in [0.15, 0.2) is 53.4 Å². The quantitative estimate of drug-likeness (QED) is 0.628. The Balaban J connectivity index is 1.65. The van der Waals surface area contributed by atoms with Gasteiger partial charge in [-0.15, -0.1) is 0 Å². The van der Waals surface area contributed by atoms with Crippen molar-refractivity contribution in [3.8, 4) is 0 Å². The molecule has 2 aromatic carbocycles. The van der Waals surface area contributed by atoms with E-state index in [2.05, 4.69) is 0 Å². The Kier molecular flexibility index (Phi) is 7.50. The van der Waals surface area contributed by atoms with Gasteiger partial charge in [0.25, 0.3) is 0 Å². The Morgan fingerprint density at radius 2 is 1.83 bits per heavy atom. The normalized spacial score (nSPS) is 15.8. The average Bonchev–Trinajstić information content (AvgIpc) is 2.75. The van der Waals surface area contributed by atoms with Gasteiger partial charge in [-0.25, -0.2) is 12.8 Å². The summed E-state index contributed by atoms with van der Waals surface area (Å²) in [6.45, 7) is 3.76. The van der Waals surface area contributed by atoms with Crippen molar-refractivity contribution >= 4 is 27.5 Å². The van der Waals surface area contributed by atoms with Crippen molar-refractivity contribution in [1.29, 1.82) is 0 Å². The fourth-order valence-electron chi connectivity index (χ4n) is 3.73. The van der Waals surface area contributed by atoms with Crippen LogP contribution in [0, 0.1) is 11.7 Å². The zero-order valence-electron chi connectivity index (χ0n) is 16.9. The highest BCUT2D eigenvalue weighted by Gasteiger charge is 2.34. The predicted octanol–water partition coefficient (Wildman–Crippen LogP) is 4.32. The number of piperidine rings is 1. The monoisotopic (exact) mass is 452 g/mol. The second-order valence-corrected chi connectivity index (χ2v) is 9.84. The second-order valence-electron chi connectivity index (χ2n) is 7.50. The van der Waals surface area contributed by atoms with E-state index in [1.807, 2.05) is 42.2 Å². The van der Waals surface area contributed by atoms with Gasteiger partial charge in [0.1, 0.15) is 5.82 Å². The van der Waals surface area contributed by atoms with Crippen molar-refractivity contribution in [3.63, 3.8) is 0 Å². The van der Waals surface area contributed by atoms with Gasteiger partial charge < -0.3 is 4.90 Å². The Hall–Kier alpha value is -1.96. The molecule has 0 atom stereocenters. The minimum atomic E-state index is -3.77. The van der Waals surface area contributed by atoms with Crippen LogP contribution < -0.4 is 0 Å². The van der Waals surface area contributed by atoms with Gasteiger partial charge >= 0.3 is 0 Å². The first-order valence-electron chi connectivity index (χ1n) is 10.1. The summed E-state index contributed by atoms with van der Waals surface area (Å²) in [7, 11) is -3.77. The lowest BCUT2D eigenvalue weighted by Crippen LogP contribution is -2.44. The molecule has 162 valence electrons. The van der Waals surface area contributed by atoms with Crippen molar-refractivity contribution in [2.45, 2.75) is 37.6 Å². The molecule has 1 heterocycles. The number of halogens is 2. The van der Waals surface area contributed by atoms with Crippen LogP contribution >= 0.6 is 11.6 Å². The van der Waals surface area contributed by atoms with Gasteiger partial charge in [0.05, 0.1) is 9.92 Å². The van der Waals surface area contributed by atoms with Crippen LogP contribution in [0.1, 0.15) is 31.7 Å². The van der Waals surface area contributed by atoms with E-state index in [-0.39, 0.29) is 34.8 Å². The summed E-state index contributed by atoms with van der Waals surface area (Å²) in [4.78, 5) is 14.9. The highest BCUT2D eigenvalue weighted by atomic mass is 35.5. The van der Waals surface area contributed by atoms with Crippen LogP contribution in [0.4, 0.5) is 4.39 Å². The van der Waals surface area contributed by atoms with E-state index in [0.29, 0.717) is 25.9 Å². The molecule has 1 saturated heterocycles. The first-order chi connectivity index (χ1) is 14.3. The Labute approximate surface area is 182 Å². The van der Waals surface area contributed by atoms with Gasteiger partial charge in [-0.3, -0.25) is 4.79 Å². The van der Waals surface area contributed by atoms with Crippen LogP contribution in [0.5, 0.6) is 0 Å². The number of amides is 1. The minimum Gasteiger partial charge on any atom is -0.338 e. The number of carbonyl (C=O) groups excluding carboxylic acids is 1. The zero-order valence-corrected chi connectivity index (χ0v) is 18.5. The smallest absolute Gasteiger partial charge is 0.243 e. The largest absolute Gasteiger partial charge is 0.338 e. The fraction of sp³-hybridized carbons (Fsp3) is 0.409. The molecular formula is C22H26ClFN2O3S. The highest BCUT2D eigenvalue weighted by Crippen LogP contribution is 2.27. The minimum absolute atomic E-state index is 0.0321. The molecule has 1 amide bonds. The summed E-state index contributed by atoms with van der Waals surface area (Å²) >= 11 is 5.75. The summed E-state index contributed by atoms with van der Waals surface area (Å²) in [6.07, 6.45) is 1.78. The lowest BCUT2D eigenvalue weighted by atomic mass is 9.96. The van der Waals surface area contributed by atoms with Gasteiger partial charge in [-0.05, 0) is 43.0 Å². The number of rotatable bonds is 7. The third-order valence-electron chi connectivity index (χ3n) is 5.35. The third-order valence-corrected chi connectivity index (χ3v) is 7.54. The van der Waals surface area contributed by atoms with Crippen molar-refractivity contribution in [3.05, 3.63) is 64.9 Å².